The zero-order valence-corrected chi connectivity index (χ0v) is 16.7. The fourth-order valence-electron chi connectivity index (χ4n) is 3.36. The van der Waals surface area contributed by atoms with E-state index < -0.39 is 9.84 Å². The van der Waals surface area contributed by atoms with Gasteiger partial charge in [-0.1, -0.05) is 18.2 Å². The van der Waals surface area contributed by atoms with Crippen LogP contribution in [0.25, 0.3) is 10.9 Å². The quantitative estimate of drug-likeness (QED) is 0.727. The average Bonchev–Trinajstić information content (AvgIpc) is 2.68. The van der Waals surface area contributed by atoms with Gasteiger partial charge in [0.1, 0.15) is 0 Å². The molecule has 0 saturated carbocycles. The summed E-state index contributed by atoms with van der Waals surface area (Å²) in [6.45, 7) is 5.65. The minimum atomic E-state index is -3.63. The van der Waals surface area contributed by atoms with Gasteiger partial charge in [-0.05, 0) is 48.9 Å². The molecule has 3 aromatic rings. The highest BCUT2D eigenvalue weighted by Crippen LogP contribution is 2.30. The van der Waals surface area contributed by atoms with Crippen molar-refractivity contribution in [1.29, 1.82) is 0 Å². The average molecular weight is 404 g/mol. The first kappa shape index (κ1) is 19.6. The van der Waals surface area contributed by atoms with Crippen LogP contribution in [0.5, 0.6) is 0 Å². The molecule has 0 aliphatic carbocycles. The molecule has 142 valence electrons. The molecular formula is C20H22ClN3O2S. The molecule has 0 atom stereocenters. The highest BCUT2D eigenvalue weighted by atomic mass is 35.5. The number of sulfone groups is 1. The highest BCUT2D eigenvalue weighted by molar-refractivity contribution is 7.91. The number of nitrogens with one attached hydrogen (secondary N) is 1. The van der Waals surface area contributed by atoms with E-state index in [0.717, 1.165) is 48.3 Å². The Morgan fingerprint density at radius 3 is 2.41 bits per heavy atom. The van der Waals surface area contributed by atoms with E-state index in [1.165, 1.54) is 0 Å². The van der Waals surface area contributed by atoms with E-state index in [1.54, 1.807) is 36.4 Å². The lowest BCUT2D eigenvalue weighted by Crippen LogP contribution is -2.43. The van der Waals surface area contributed by atoms with Crippen molar-refractivity contribution in [1.82, 2.24) is 10.3 Å². The third kappa shape index (κ3) is 3.78. The van der Waals surface area contributed by atoms with Crippen molar-refractivity contribution in [2.24, 2.45) is 0 Å². The number of hydrogen-bond donors (Lipinski definition) is 1. The molecule has 1 fully saturated rings. The second-order valence-corrected chi connectivity index (χ2v) is 8.46. The third-order valence-electron chi connectivity index (χ3n) is 4.68. The van der Waals surface area contributed by atoms with Gasteiger partial charge in [-0.15, -0.1) is 12.4 Å². The SMILES string of the molecule is Cc1cc(N2CCNCC2)c2nc(S(=O)(=O)c3ccccc3)ccc2c1.Cl. The summed E-state index contributed by atoms with van der Waals surface area (Å²) in [6.07, 6.45) is 0. The lowest BCUT2D eigenvalue weighted by Gasteiger charge is -2.30. The number of pyridine rings is 1. The van der Waals surface area contributed by atoms with Crippen molar-refractivity contribution < 1.29 is 8.42 Å². The maximum absolute atomic E-state index is 12.9. The van der Waals surface area contributed by atoms with Crippen LogP contribution in [-0.2, 0) is 9.84 Å². The number of hydrogen-bond acceptors (Lipinski definition) is 5. The van der Waals surface area contributed by atoms with Gasteiger partial charge in [-0.2, -0.15) is 0 Å². The van der Waals surface area contributed by atoms with Gasteiger partial charge >= 0.3 is 0 Å². The second-order valence-electron chi connectivity index (χ2n) is 6.56. The van der Waals surface area contributed by atoms with Gasteiger partial charge in [0.15, 0.2) is 5.03 Å². The van der Waals surface area contributed by atoms with Gasteiger partial charge in [-0.25, -0.2) is 13.4 Å². The van der Waals surface area contributed by atoms with Crippen molar-refractivity contribution in [3.63, 3.8) is 0 Å². The predicted octanol–water partition coefficient (Wildman–Crippen LogP) is 3.21. The van der Waals surface area contributed by atoms with Crippen LogP contribution in [-0.4, -0.2) is 39.6 Å². The van der Waals surface area contributed by atoms with E-state index in [-0.39, 0.29) is 22.3 Å². The summed E-state index contributed by atoms with van der Waals surface area (Å²) in [5.74, 6) is 0. The molecule has 1 N–H and O–H groups in total. The van der Waals surface area contributed by atoms with Gasteiger partial charge in [0.25, 0.3) is 0 Å². The number of benzene rings is 2. The van der Waals surface area contributed by atoms with Crippen LogP contribution in [0.4, 0.5) is 5.69 Å². The minimum absolute atomic E-state index is 0. The molecule has 4 rings (SSSR count). The first-order chi connectivity index (χ1) is 12.6. The maximum atomic E-state index is 12.9. The molecule has 2 aromatic carbocycles. The Kier molecular flexibility index (Phi) is 5.69. The molecule has 0 radical (unpaired) electrons. The molecule has 5 nitrogen and oxygen atoms in total. The number of halogens is 1. The van der Waals surface area contributed by atoms with Gasteiger partial charge < -0.3 is 10.2 Å². The van der Waals surface area contributed by atoms with Crippen LogP contribution in [0.1, 0.15) is 5.56 Å². The number of piperazine rings is 1. The molecule has 0 amide bonds. The fourth-order valence-corrected chi connectivity index (χ4v) is 4.58. The summed E-state index contributed by atoms with van der Waals surface area (Å²) < 4.78 is 25.9. The molecule has 2 heterocycles. The summed E-state index contributed by atoms with van der Waals surface area (Å²) in [5, 5.41) is 4.40. The van der Waals surface area contributed by atoms with E-state index in [0.29, 0.717) is 0 Å². The normalized spacial score (nSPS) is 14.8. The number of nitrogens with zero attached hydrogens (tertiary/aromatic N) is 2. The van der Waals surface area contributed by atoms with E-state index in [1.807, 2.05) is 12.1 Å². The Balaban J connectivity index is 0.00000210. The molecule has 1 aliphatic rings. The lowest BCUT2D eigenvalue weighted by molar-refractivity contribution is 0.589. The van der Waals surface area contributed by atoms with E-state index >= 15 is 0 Å². The first-order valence-corrected chi connectivity index (χ1v) is 10.2. The molecule has 0 bridgehead atoms. The Hall–Kier alpha value is -2.15. The van der Waals surface area contributed by atoms with Crippen LogP contribution in [0.2, 0.25) is 0 Å². The van der Waals surface area contributed by atoms with Crippen LogP contribution in [0, 0.1) is 6.92 Å². The third-order valence-corrected chi connectivity index (χ3v) is 6.35. The Bertz CT molecular complexity index is 1050. The monoisotopic (exact) mass is 403 g/mol. The highest BCUT2D eigenvalue weighted by Gasteiger charge is 2.21. The van der Waals surface area contributed by atoms with Crippen LogP contribution in [0.3, 0.4) is 0 Å². The van der Waals surface area contributed by atoms with Crippen molar-refractivity contribution in [2.45, 2.75) is 16.8 Å². The van der Waals surface area contributed by atoms with Crippen molar-refractivity contribution in [3.05, 3.63) is 60.2 Å². The zero-order valence-electron chi connectivity index (χ0n) is 15.1. The van der Waals surface area contributed by atoms with Crippen LogP contribution >= 0.6 is 12.4 Å². The summed E-state index contributed by atoms with van der Waals surface area (Å²) in [7, 11) is -3.63. The maximum Gasteiger partial charge on any atom is 0.223 e. The van der Waals surface area contributed by atoms with Crippen molar-refractivity contribution >= 4 is 38.8 Å². The van der Waals surface area contributed by atoms with E-state index in [4.69, 9.17) is 0 Å². The predicted molar refractivity (Wildman–Crippen MR) is 111 cm³/mol. The van der Waals surface area contributed by atoms with Gasteiger partial charge in [-0.3, -0.25) is 0 Å². The number of rotatable bonds is 3. The molecule has 7 heteroatoms. The van der Waals surface area contributed by atoms with E-state index in [2.05, 4.69) is 28.2 Å². The van der Waals surface area contributed by atoms with Crippen LogP contribution < -0.4 is 10.2 Å². The standard InChI is InChI=1S/C20H21N3O2S.ClH/c1-15-13-16-7-8-19(26(24,25)17-5-3-2-4-6-17)22-20(16)18(14-15)23-11-9-21-10-12-23;/h2-8,13-14,21H,9-12H2,1H3;1H. The number of anilines is 1. The second kappa shape index (κ2) is 7.84. The number of fused-ring (bicyclic) bond motifs is 1. The zero-order chi connectivity index (χ0) is 18.1. The summed E-state index contributed by atoms with van der Waals surface area (Å²) >= 11 is 0. The van der Waals surface area contributed by atoms with Crippen LogP contribution in [0.15, 0.2) is 64.5 Å². The summed E-state index contributed by atoms with van der Waals surface area (Å²) in [4.78, 5) is 7.13. The molecule has 1 saturated heterocycles. The van der Waals surface area contributed by atoms with Crippen molar-refractivity contribution in [2.75, 3.05) is 31.1 Å². The van der Waals surface area contributed by atoms with Gasteiger partial charge in [0.2, 0.25) is 9.84 Å². The van der Waals surface area contributed by atoms with Gasteiger partial charge in [0.05, 0.1) is 16.1 Å². The van der Waals surface area contributed by atoms with E-state index in [9.17, 15) is 8.42 Å². The number of aromatic nitrogens is 1. The Morgan fingerprint density at radius 2 is 1.70 bits per heavy atom. The minimum Gasteiger partial charge on any atom is -0.367 e. The number of aryl methyl sites for hydroxylation is 1. The first-order valence-electron chi connectivity index (χ1n) is 8.73. The Labute approximate surface area is 165 Å². The molecule has 1 aromatic heterocycles. The molecule has 0 spiro atoms. The van der Waals surface area contributed by atoms with Crippen molar-refractivity contribution in [3.8, 4) is 0 Å². The Morgan fingerprint density at radius 1 is 1.00 bits per heavy atom. The molecule has 1 aliphatic heterocycles. The molecular weight excluding hydrogens is 382 g/mol. The largest absolute Gasteiger partial charge is 0.367 e. The van der Waals surface area contributed by atoms with Gasteiger partial charge in [0, 0.05) is 31.6 Å². The summed E-state index contributed by atoms with van der Waals surface area (Å²) in [6, 6.07) is 16.1. The molecule has 0 unspecified atom stereocenters. The lowest BCUT2D eigenvalue weighted by atomic mass is 10.1. The smallest absolute Gasteiger partial charge is 0.223 e. The fraction of sp³-hybridized carbons (Fsp3) is 0.250. The topological polar surface area (TPSA) is 62.3 Å². The molecule has 27 heavy (non-hydrogen) atoms. The summed E-state index contributed by atoms with van der Waals surface area (Å²) in [5.41, 5.74) is 2.90.